The Kier molecular flexibility index (Phi) is 3.83. The van der Waals surface area contributed by atoms with Crippen LogP contribution < -0.4 is 0 Å². The van der Waals surface area contributed by atoms with E-state index >= 15 is 0 Å². The summed E-state index contributed by atoms with van der Waals surface area (Å²) in [4.78, 5) is 12.0. The number of carbonyl (C=O) groups is 1. The van der Waals surface area contributed by atoms with E-state index in [4.69, 9.17) is 0 Å². The molecule has 1 unspecified atom stereocenters. The summed E-state index contributed by atoms with van der Waals surface area (Å²) < 4.78 is 0. The number of rotatable bonds is 4. The summed E-state index contributed by atoms with van der Waals surface area (Å²) in [6.07, 6.45) is 0.754. The third-order valence-electron chi connectivity index (χ3n) is 3.95. The van der Waals surface area contributed by atoms with Gasteiger partial charge in [0.05, 0.1) is 0 Å². The van der Waals surface area contributed by atoms with E-state index in [1.54, 1.807) is 6.92 Å². The van der Waals surface area contributed by atoms with Gasteiger partial charge in [0.2, 0.25) is 0 Å². The van der Waals surface area contributed by atoms with Crippen molar-refractivity contribution in [1.82, 2.24) is 0 Å². The lowest BCUT2D eigenvalue weighted by Crippen LogP contribution is -2.11. The molecule has 0 amide bonds. The first-order valence-electron chi connectivity index (χ1n) is 7.27. The van der Waals surface area contributed by atoms with E-state index < -0.39 is 0 Å². The van der Waals surface area contributed by atoms with Crippen LogP contribution in [0.5, 0.6) is 0 Å². The monoisotopic (exact) mass is 274 g/mol. The largest absolute Gasteiger partial charge is 0.299 e. The molecule has 0 aliphatic carbocycles. The van der Waals surface area contributed by atoms with Crippen LogP contribution in [0.15, 0.2) is 72.8 Å². The number of carbonyl (C=O) groups excluding carboxylic acids is 1. The van der Waals surface area contributed by atoms with E-state index in [-0.39, 0.29) is 11.7 Å². The number of Topliss-reactive ketones (excluding diaryl/α,β-unsaturated/α-hetero) is 1. The first-order chi connectivity index (χ1) is 10.2. The lowest BCUT2D eigenvalue weighted by molar-refractivity contribution is -0.118. The van der Waals surface area contributed by atoms with Gasteiger partial charge in [-0.1, -0.05) is 72.8 Å². The molecule has 1 nitrogen and oxygen atoms in total. The highest BCUT2D eigenvalue weighted by atomic mass is 16.1. The standard InChI is InChI=1S/C20H18O/c1-15(21)20(18-8-3-2-4-9-18)14-16-11-12-17-7-5-6-10-19(17)13-16/h2-13,20H,14H2,1H3. The van der Waals surface area contributed by atoms with Gasteiger partial charge in [0, 0.05) is 5.92 Å². The van der Waals surface area contributed by atoms with E-state index in [0.29, 0.717) is 0 Å². The van der Waals surface area contributed by atoms with Crippen molar-refractivity contribution in [2.75, 3.05) is 0 Å². The van der Waals surface area contributed by atoms with Crippen molar-refractivity contribution in [3.63, 3.8) is 0 Å². The molecule has 0 radical (unpaired) electrons. The summed E-state index contributed by atoms with van der Waals surface area (Å²) in [6, 6.07) is 24.8. The van der Waals surface area contributed by atoms with Crippen LogP contribution in [0.3, 0.4) is 0 Å². The number of hydrogen-bond donors (Lipinski definition) is 0. The molecule has 0 saturated carbocycles. The van der Waals surface area contributed by atoms with Gasteiger partial charge in [0.25, 0.3) is 0 Å². The van der Waals surface area contributed by atoms with Gasteiger partial charge in [-0.2, -0.15) is 0 Å². The summed E-state index contributed by atoms with van der Waals surface area (Å²) >= 11 is 0. The zero-order valence-electron chi connectivity index (χ0n) is 12.1. The van der Waals surface area contributed by atoms with E-state index in [2.05, 4.69) is 30.3 Å². The van der Waals surface area contributed by atoms with Gasteiger partial charge in [-0.3, -0.25) is 4.79 Å². The minimum atomic E-state index is -0.0626. The van der Waals surface area contributed by atoms with Gasteiger partial charge in [0.1, 0.15) is 5.78 Å². The fourth-order valence-corrected chi connectivity index (χ4v) is 2.78. The van der Waals surface area contributed by atoms with Crippen molar-refractivity contribution >= 4 is 16.6 Å². The molecule has 0 N–H and O–H groups in total. The van der Waals surface area contributed by atoms with E-state index in [1.807, 2.05) is 42.5 Å². The van der Waals surface area contributed by atoms with Gasteiger partial charge < -0.3 is 0 Å². The van der Waals surface area contributed by atoms with Gasteiger partial charge in [-0.15, -0.1) is 0 Å². The van der Waals surface area contributed by atoms with E-state index in [9.17, 15) is 4.79 Å². The Morgan fingerprint density at radius 1 is 0.857 bits per heavy atom. The molecule has 1 heteroatoms. The molecule has 21 heavy (non-hydrogen) atoms. The maximum absolute atomic E-state index is 12.0. The second-order valence-corrected chi connectivity index (χ2v) is 5.46. The predicted molar refractivity (Wildman–Crippen MR) is 87.5 cm³/mol. The van der Waals surface area contributed by atoms with Crippen LogP contribution in [0.4, 0.5) is 0 Å². The minimum Gasteiger partial charge on any atom is -0.299 e. The van der Waals surface area contributed by atoms with Crippen LogP contribution in [0.1, 0.15) is 24.0 Å². The molecule has 3 rings (SSSR count). The number of benzene rings is 3. The fourth-order valence-electron chi connectivity index (χ4n) is 2.78. The van der Waals surface area contributed by atoms with Crippen molar-refractivity contribution < 1.29 is 4.79 Å². The average Bonchev–Trinajstić information content (AvgIpc) is 2.53. The topological polar surface area (TPSA) is 17.1 Å². The molecule has 3 aromatic rings. The summed E-state index contributed by atoms with van der Waals surface area (Å²) in [5.74, 6) is 0.154. The highest BCUT2D eigenvalue weighted by molar-refractivity contribution is 5.85. The Morgan fingerprint density at radius 3 is 2.24 bits per heavy atom. The molecule has 0 aliphatic rings. The van der Waals surface area contributed by atoms with Crippen molar-refractivity contribution in [3.05, 3.63) is 83.9 Å². The summed E-state index contributed by atoms with van der Waals surface area (Å²) in [5, 5.41) is 2.46. The molecule has 0 heterocycles. The first kappa shape index (κ1) is 13.6. The van der Waals surface area contributed by atoms with Crippen LogP contribution in [-0.4, -0.2) is 5.78 Å². The van der Waals surface area contributed by atoms with Crippen LogP contribution in [-0.2, 0) is 11.2 Å². The fraction of sp³-hybridized carbons (Fsp3) is 0.150. The van der Waals surface area contributed by atoms with Crippen LogP contribution in [0.25, 0.3) is 10.8 Å². The lowest BCUT2D eigenvalue weighted by atomic mass is 9.88. The zero-order chi connectivity index (χ0) is 14.7. The Morgan fingerprint density at radius 2 is 1.52 bits per heavy atom. The third kappa shape index (κ3) is 3.03. The second kappa shape index (κ2) is 5.92. The molecule has 3 aromatic carbocycles. The number of ketones is 1. The molecule has 1 atom stereocenters. The molecular weight excluding hydrogens is 256 g/mol. The third-order valence-corrected chi connectivity index (χ3v) is 3.95. The SMILES string of the molecule is CC(=O)C(Cc1ccc2ccccc2c1)c1ccccc1. The highest BCUT2D eigenvalue weighted by Gasteiger charge is 2.17. The molecule has 0 aliphatic heterocycles. The van der Waals surface area contributed by atoms with Gasteiger partial charge in [0.15, 0.2) is 0 Å². The quantitative estimate of drug-likeness (QED) is 0.670. The Hall–Kier alpha value is -2.41. The molecule has 0 bridgehead atoms. The normalized spacial score (nSPS) is 12.2. The zero-order valence-corrected chi connectivity index (χ0v) is 12.1. The van der Waals surface area contributed by atoms with E-state index in [0.717, 1.165) is 12.0 Å². The highest BCUT2D eigenvalue weighted by Crippen LogP contribution is 2.24. The van der Waals surface area contributed by atoms with E-state index in [1.165, 1.54) is 16.3 Å². The molecule has 0 saturated heterocycles. The van der Waals surface area contributed by atoms with Crippen LogP contribution in [0.2, 0.25) is 0 Å². The number of hydrogen-bond acceptors (Lipinski definition) is 1. The summed E-state index contributed by atoms with van der Waals surface area (Å²) in [6.45, 7) is 1.68. The molecule has 0 fully saturated rings. The molecular formula is C20H18O. The van der Waals surface area contributed by atoms with Gasteiger partial charge in [-0.05, 0) is 35.2 Å². The van der Waals surface area contributed by atoms with Crippen LogP contribution in [0, 0.1) is 0 Å². The smallest absolute Gasteiger partial charge is 0.137 e. The van der Waals surface area contributed by atoms with Crippen molar-refractivity contribution in [1.29, 1.82) is 0 Å². The minimum absolute atomic E-state index is 0.0626. The maximum Gasteiger partial charge on any atom is 0.137 e. The predicted octanol–water partition coefficient (Wildman–Crippen LogP) is 4.76. The summed E-state index contributed by atoms with van der Waals surface area (Å²) in [5.41, 5.74) is 2.30. The second-order valence-electron chi connectivity index (χ2n) is 5.46. The van der Waals surface area contributed by atoms with Crippen molar-refractivity contribution in [3.8, 4) is 0 Å². The Bertz CT molecular complexity index is 759. The van der Waals surface area contributed by atoms with Crippen molar-refractivity contribution in [2.45, 2.75) is 19.3 Å². The summed E-state index contributed by atoms with van der Waals surface area (Å²) in [7, 11) is 0. The Balaban J connectivity index is 1.93. The molecule has 0 spiro atoms. The molecule has 0 aromatic heterocycles. The average molecular weight is 274 g/mol. The Labute approximate surface area is 125 Å². The lowest BCUT2D eigenvalue weighted by Gasteiger charge is -2.14. The maximum atomic E-state index is 12.0. The van der Waals surface area contributed by atoms with Gasteiger partial charge >= 0.3 is 0 Å². The molecule has 104 valence electrons. The van der Waals surface area contributed by atoms with Crippen molar-refractivity contribution in [2.24, 2.45) is 0 Å². The number of fused-ring (bicyclic) bond motifs is 1. The first-order valence-corrected chi connectivity index (χ1v) is 7.27. The van der Waals surface area contributed by atoms with Gasteiger partial charge in [-0.25, -0.2) is 0 Å². The van der Waals surface area contributed by atoms with Crippen LogP contribution >= 0.6 is 0 Å².